The van der Waals surface area contributed by atoms with Crippen LogP contribution in [0.15, 0.2) is 0 Å². The average molecular weight is 263 g/mol. The summed E-state index contributed by atoms with van der Waals surface area (Å²) in [6, 6.07) is 0. The topological polar surface area (TPSA) is 78.9 Å². The molecule has 1 aromatic rings. The Morgan fingerprint density at radius 1 is 1.32 bits per heavy atom. The zero-order valence-electron chi connectivity index (χ0n) is 11.3. The third kappa shape index (κ3) is 2.38. The maximum atomic E-state index is 11.3. The van der Waals surface area contributed by atoms with Gasteiger partial charge in [-0.05, 0) is 31.6 Å². The zero-order chi connectivity index (χ0) is 13.4. The fourth-order valence-electron chi connectivity index (χ4n) is 3.69. The van der Waals surface area contributed by atoms with Crippen molar-refractivity contribution in [3.05, 3.63) is 11.6 Å². The van der Waals surface area contributed by atoms with Crippen molar-refractivity contribution in [3.63, 3.8) is 0 Å². The molecule has 0 amide bonds. The second-order valence-electron chi connectivity index (χ2n) is 6.19. The highest BCUT2D eigenvalue weighted by Crippen LogP contribution is 2.42. The van der Waals surface area contributed by atoms with E-state index in [0.717, 1.165) is 24.5 Å². The monoisotopic (exact) mass is 263 g/mol. The van der Waals surface area contributed by atoms with E-state index in [4.69, 9.17) is 0 Å². The van der Waals surface area contributed by atoms with Crippen molar-refractivity contribution in [2.24, 2.45) is 11.8 Å². The minimum absolute atomic E-state index is 0.00940. The third-order valence-electron chi connectivity index (χ3n) is 4.71. The first kappa shape index (κ1) is 12.6. The molecule has 0 aliphatic heterocycles. The molecule has 3 atom stereocenters. The van der Waals surface area contributed by atoms with Gasteiger partial charge in [0.25, 0.3) is 0 Å². The number of nitrogens with one attached hydrogen (secondary N) is 1. The molecular weight excluding hydrogens is 242 g/mol. The van der Waals surface area contributed by atoms with Crippen molar-refractivity contribution < 1.29 is 9.90 Å². The summed E-state index contributed by atoms with van der Waals surface area (Å²) < 4.78 is 0. The number of hydrogen-bond donors (Lipinski definition) is 2. The second kappa shape index (κ2) is 4.94. The molecule has 0 spiro atoms. The lowest BCUT2D eigenvalue weighted by molar-refractivity contribution is -0.142. The maximum absolute atomic E-state index is 11.3. The molecule has 2 N–H and O–H groups in total. The number of carbonyl (C=O) groups is 1. The van der Waals surface area contributed by atoms with Gasteiger partial charge in [-0.15, -0.1) is 0 Å². The van der Waals surface area contributed by atoms with Crippen LogP contribution < -0.4 is 0 Å². The van der Waals surface area contributed by atoms with Gasteiger partial charge in [0.05, 0.1) is 5.92 Å². The number of rotatable bonds is 3. The highest BCUT2D eigenvalue weighted by atomic mass is 16.4. The Balaban J connectivity index is 1.79. The van der Waals surface area contributed by atoms with E-state index in [2.05, 4.69) is 22.1 Å². The minimum atomic E-state index is -0.701. The molecule has 0 aromatic carbocycles. The fourth-order valence-corrected chi connectivity index (χ4v) is 3.69. The number of carboxylic acid groups (broad SMARTS) is 1. The molecule has 5 nitrogen and oxygen atoms in total. The molecule has 3 rings (SSSR count). The Morgan fingerprint density at radius 2 is 2.05 bits per heavy atom. The summed E-state index contributed by atoms with van der Waals surface area (Å²) in [6.07, 6.45) is 6.50. The lowest BCUT2D eigenvalue weighted by Gasteiger charge is -2.11. The Bertz CT molecular complexity index is 465. The quantitative estimate of drug-likeness (QED) is 0.878. The standard InChI is InChI=1S/C14H21N3O2/c1-8-6-10(11(7-8)14(18)19)13-15-12(16-17-13)9-4-2-3-5-9/h8-11H,2-7H2,1H3,(H,18,19)(H,15,16,17). The van der Waals surface area contributed by atoms with Crippen LogP contribution in [0.1, 0.15) is 68.9 Å². The zero-order valence-corrected chi connectivity index (χ0v) is 11.3. The summed E-state index contributed by atoms with van der Waals surface area (Å²) in [7, 11) is 0. The van der Waals surface area contributed by atoms with E-state index in [1.165, 1.54) is 25.7 Å². The van der Waals surface area contributed by atoms with Gasteiger partial charge >= 0.3 is 5.97 Å². The lowest BCUT2D eigenvalue weighted by atomic mass is 9.95. The van der Waals surface area contributed by atoms with Gasteiger partial charge in [-0.1, -0.05) is 19.8 Å². The third-order valence-corrected chi connectivity index (χ3v) is 4.71. The number of aliphatic carboxylic acids is 1. The molecule has 1 heterocycles. The van der Waals surface area contributed by atoms with E-state index in [1.807, 2.05) is 0 Å². The SMILES string of the molecule is CC1CC(C(=O)O)C(c2nc(C3CCCC3)n[nH]2)C1. The predicted molar refractivity (Wildman–Crippen MR) is 69.9 cm³/mol. The molecule has 2 aliphatic carbocycles. The number of nitrogens with zero attached hydrogens (tertiary/aromatic N) is 2. The summed E-state index contributed by atoms with van der Waals surface area (Å²) in [5.74, 6) is 1.62. The lowest BCUT2D eigenvalue weighted by Crippen LogP contribution is -2.17. The number of aromatic amines is 1. The van der Waals surface area contributed by atoms with Crippen LogP contribution >= 0.6 is 0 Å². The van der Waals surface area contributed by atoms with Crippen molar-refractivity contribution in [1.82, 2.24) is 15.2 Å². The number of H-pyrrole nitrogens is 1. The van der Waals surface area contributed by atoms with Crippen molar-refractivity contribution in [1.29, 1.82) is 0 Å². The fraction of sp³-hybridized carbons (Fsp3) is 0.786. The van der Waals surface area contributed by atoms with Gasteiger partial charge in [-0.3, -0.25) is 9.89 Å². The van der Waals surface area contributed by atoms with Gasteiger partial charge in [-0.25, -0.2) is 4.98 Å². The van der Waals surface area contributed by atoms with Gasteiger partial charge in [0.2, 0.25) is 0 Å². The second-order valence-corrected chi connectivity index (χ2v) is 6.19. The van der Waals surface area contributed by atoms with Crippen molar-refractivity contribution in [3.8, 4) is 0 Å². The van der Waals surface area contributed by atoms with E-state index in [1.54, 1.807) is 0 Å². The van der Waals surface area contributed by atoms with Crippen molar-refractivity contribution >= 4 is 5.97 Å². The minimum Gasteiger partial charge on any atom is -0.481 e. The first-order valence-corrected chi connectivity index (χ1v) is 7.30. The maximum Gasteiger partial charge on any atom is 0.307 e. The highest BCUT2D eigenvalue weighted by molar-refractivity contribution is 5.71. The van der Waals surface area contributed by atoms with Gasteiger partial charge in [-0.2, -0.15) is 5.10 Å². The predicted octanol–water partition coefficient (Wildman–Crippen LogP) is 2.68. The Kier molecular flexibility index (Phi) is 3.29. The molecule has 2 aliphatic rings. The molecule has 3 unspecified atom stereocenters. The molecule has 0 saturated heterocycles. The Morgan fingerprint density at radius 3 is 2.74 bits per heavy atom. The average Bonchev–Trinajstić information content (AvgIpc) is 3.07. The van der Waals surface area contributed by atoms with E-state index in [9.17, 15) is 9.90 Å². The van der Waals surface area contributed by atoms with E-state index in [-0.39, 0.29) is 11.8 Å². The number of carboxylic acids is 1. The molecule has 5 heteroatoms. The summed E-state index contributed by atoms with van der Waals surface area (Å²) in [5.41, 5.74) is 0. The van der Waals surface area contributed by atoms with Crippen LogP contribution in [0.2, 0.25) is 0 Å². The van der Waals surface area contributed by atoms with Gasteiger partial charge in [0.15, 0.2) is 5.82 Å². The molecule has 2 fully saturated rings. The summed E-state index contributed by atoms with van der Waals surface area (Å²) in [5, 5.41) is 16.7. The van der Waals surface area contributed by atoms with E-state index < -0.39 is 5.97 Å². The summed E-state index contributed by atoms with van der Waals surface area (Å²) >= 11 is 0. The van der Waals surface area contributed by atoms with Gasteiger partial charge < -0.3 is 5.11 Å². The Hall–Kier alpha value is -1.39. The first-order valence-electron chi connectivity index (χ1n) is 7.30. The molecule has 0 radical (unpaired) electrons. The first-order chi connectivity index (χ1) is 9.15. The van der Waals surface area contributed by atoms with Crippen LogP contribution in [0.3, 0.4) is 0 Å². The molecule has 2 saturated carbocycles. The molecule has 1 aromatic heterocycles. The van der Waals surface area contributed by atoms with Crippen LogP contribution in [-0.2, 0) is 4.79 Å². The number of hydrogen-bond acceptors (Lipinski definition) is 3. The van der Waals surface area contributed by atoms with Crippen molar-refractivity contribution in [2.45, 2.75) is 57.3 Å². The largest absolute Gasteiger partial charge is 0.481 e. The van der Waals surface area contributed by atoms with Crippen LogP contribution in [0, 0.1) is 11.8 Å². The molecule has 0 bridgehead atoms. The molecule has 19 heavy (non-hydrogen) atoms. The van der Waals surface area contributed by atoms with Crippen LogP contribution in [0.4, 0.5) is 0 Å². The highest BCUT2D eigenvalue weighted by Gasteiger charge is 2.40. The molecule has 104 valence electrons. The Labute approximate surface area is 112 Å². The summed E-state index contributed by atoms with van der Waals surface area (Å²) in [4.78, 5) is 15.9. The summed E-state index contributed by atoms with van der Waals surface area (Å²) in [6.45, 7) is 2.12. The van der Waals surface area contributed by atoms with Crippen LogP contribution in [-0.4, -0.2) is 26.3 Å². The number of aromatic nitrogens is 3. The van der Waals surface area contributed by atoms with Crippen molar-refractivity contribution in [2.75, 3.05) is 0 Å². The van der Waals surface area contributed by atoms with E-state index in [0.29, 0.717) is 11.8 Å². The normalized spacial score (nSPS) is 31.9. The van der Waals surface area contributed by atoms with Gasteiger partial charge in [0, 0.05) is 11.8 Å². The van der Waals surface area contributed by atoms with Gasteiger partial charge in [0.1, 0.15) is 5.82 Å². The van der Waals surface area contributed by atoms with E-state index >= 15 is 0 Å². The molecular formula is C14H21N3O2. The van der Waals surface area contributed by atoms with Crippen LogP contribution in [0.5, 0.6) is 0 Å². The smallest absolute Gasteiger partial charge is 0.307 e. The van der Waals surface area contributed by atoms with Crippen LogP contribution in [0.25, 0.3) is 0 Å².